The third kappa shape index (κ3) is 3.98. The minimum Gasteiger partial charge on any atom is -0.383 e. The van der Waals surface area contributed by atoms with Gasteiger partial charge in [-0.3, -0.25) is 4.90 Å². The van der Waals surface area contributed by atoms with Gasteiger partial charge in [-0.15, -0.1) is 0 Å². The normalized spacial score (nSPS) is 19.1. The standard InChI is InChI=1S/C18H24FN3O/c1-23-12-11-21-10-8-20-18(21)14-22-9-3-2-7-17(22)15-5-4-6-16(19)13-15/h4-6,8,10,13,17H,2-3,7,9,11-12,14H2,1H3/t17-/m1/s1. The lowest BCUT2D eigenvalue weighted by Crippen LogP contribution is -2.34. The molecule has 1 aromatic carbocycles. The Morgan fingerprint density at radius 1 is 1.35 bits per heavy atom. The highest BCUT2D eigenvalue weighted by Gasteiger charge is 2.25. The van der Waals surface area contributed by atoms with Crippen molar-refractivity contribution in [1.29, 1.82) is 0 Å². The molecule has 2 aromatic rings. The first kappa shape index (κ1) is 16.1. The fourth-order valence-electron chi connectivity index (χ4n) is 3.34. The van der Waals surface area contributed by atoms with E-state index < -0.39 is 0 Å². The SMILES string of the molecule is COCCn1ccnc1CN1CCCC[C@@H]1c1cccc(F)c1. The van der Waals surface area contributed by atoms with Gasteiger partial charge in [0.2, 0.25) is 0 Å². The number of ether oxygens (including phenoxy) is 1. The number of rotatable bonds is 6. The molecule has 3 rings (SSSR count). The van der Waals surface area contributed by atoms with E-state index >= 15 is 0 Å². The predicted molar refractivity (Wildman–Crippen MR) is 87.5 cm³/mol. The number of hydrogen-bond donors (Lipinski definition) is 0. The van der Waals surface area contributed by atoms with Crippen LogP contribution in [0.4, 0.5) is 4.39 Å². The van der Waals surface area contributed by atoms with Crippen molar-refractivity contribution in [2.75, 3.05) is 20.3 Å². The number of aromatic nitrogens is 2. The van der Waals surface area contributed by atoms with E-state index in [-0.39, 0.29) is 11.9 Å². The largest absolute Gasteiger partial charge is 0.383 e. The van der Waals surface area contributed by atoms with Crippen molar-refractivity contribution >= 4 is 0 Å². The maximum Gasteiger partial charge on any atom is 0.123 e. The second-order valence-electron chi connectivity index (χ2n) is 6.07. The van der Waals surface area contributed by atoms with Crippen molar-refractivity contribution in [1.82, 2.24) is 14.5 Å². The van der Waals surface area contributed by atoms with Crippen molar-refractivity contribution in [2.45, 2.75) is 38.4 Å². The van der Waals surface area contributed by atoms with Crippen LogP contribution in [-0.2, 0) is 17.8 Å². The molecule has 0 N–H and O–H groups in total. The number of methoxy groups -OCH3 is 1. The summed E-state index contributed by atoms with van der Waals surface area (Å²) in [5, 5.41) is 0. The van der Waals surface area contributed by atoms with E-state index in [1.54, 1.807) is 19.2 Å². The Labute approximate surface area is 136 Å². The lowest BCUT2D eigenvalue weighted by Gasteiger charge is -2.35. The van der Waals surface area contributed by atoms with Crippen LogP contribution in [0.2, 0.25) is 0 Å². The van der Waals surface area contributed by atoms with Crippen LogP contribution in [0.15, 0.2) is 36.7 Å². The van der Waals surface area contributed by atoms with Crippen LogP contribution in [0.1, 0.15) is 36.7 Å². The minimum atomic E-state index is -0.158. The van der Waals surface area contributed by atoms with Gasteiger partial charge in [0, 0.05) is 32.1 Å². The number of nitrogens with zero attached hydrogens (tertiary/aromatic N) is 3. The fourth-order valence-corrected chi connectivity index (χ4v) is 3.34. The van der Waals surface area contributed by atoms with Gasteiger partial charge in [0.25, 0.3) is 0 Å². The Morgan fingerprint density at radius 3 is 3.09 bits per heavy atom. The highest BCUT2D eigenvalue weighted by molar-refractivity contribution is 5.21. The van der Waals surface area contributed by atoms with E-state index in [2.05, 4.69) is 14.5 Å². The summed E-state index contributed by atoms with van der Waals surface area (Å²) in [6.07, 6.45) is 7.28. The molecule has 0 bridgehead atoms. The summed E-state index contributed by atoms with van der Waals surface area (Å²) in [5.41, 5.74) is 1.07. The van der Waals surface area contributed by atoms with Crippen LogP contribution in [0.25, 0.3) is 0 Å². The number of piperidine rings is 1. The van der Waals surface area contributed by atoms with Gasteiger partial charge in [-0.1, -0.05) is 18.6 Å². The molecule has 4 nitrogen and oxygen atoms in total. The molecule has 5 heteroatoms. The topological polar surface area (TPSA) is 30.3 Å². The first-order valence-corrected chi connectivity index (χ1v) is 8.26. The van der Waals surface area contributed by atoms with Gasteiger partial charge in [-0.2, -0.15) is 0 Å². The van der Waals surface area contributed by atoms with E-state index in [9.17, 15) is 4.39 Å². The first-order chi connectivity index (χ1) is 11.3. The van der Waals surface area contributed by atoms with Crippen molar-refractivity contribution in [3.05, 3.63) is 53.9 Å². The molecule has 1 aliphatic rings. The zero-order chi connectivity index (χ0) is 16.1. The highest BCUT2D eigenvalue weighted by Crippen LogP contribution is 2.32. The summed E-state index contributed by atoms with van der Waals surface area (Å²) in [5.74, 6) is 0.889. The molecule has 0 saturated carbocycles. The molecule has 0 spiro atoms. The Balaban J connectivity index is 1.76. The molecule has 23 heavy (non-hydrogen) atoms. The van der Waals surface area contributed by atoms with Gasteiger partial charge in [-0.25, -0.2) is 9.37 Å². The molecule has 1 atom stereocenters. The van der Waals surface area contributed by atoms with Gasteiger partial charge in [0.1, 0.15) is 11.6 Å². The maximum absolute atomic E-state index is 13.6. The highest BCUT2D eigenvalue weighted by atomic mass is 19.1. The minimum absolute atomic E-state index is 0.158. The molecule has 1 aliphatic heterocycles. The van der Waals surface area contributed by atoms with E-state index in [0.29, 0.717) is 6.61 Å². The van der Waals surface area contributed by atoms with Gasteiger partial charge in [-0.05, 0) is 37.1 Å². The average molecular weight is 317 g/mol. The lowest BCUT2D eigenvalue weighted by molar-refractivity contribution is 0.132. The smallest absolute Gasteiger partial charge is 0.123 e. The summed E-state index contributed by atoms with van der Waals surface area (Å²) in [4.78, 5) is 6.92. The van der Waals surface area contributed by atoms with Crippen molar-refractivity contribution in [3.8, 4) is 0 Å². The van der Waals surface area contributed by atoms with Crippen molar-refractivity contribution in [2.24, 2.45) is 0 Å². The Morgan fingerprint density at radius 2 is 2.26 bits per heavy atom. The van der Waals surface area contributed by atoms with Crippen LogP contribution in [0.5, 0.6) is 0 Å². The number of halogens is 1. The third-order valence-corrected chi connectivity index (χ3v) is 4.53. The molecular formula is C18H24FN3O. The summed E-state index contributed by atoms with van der Waals surface area (Å²) < 4.78 is 20.9. The third-order valence-electron chi connectivity index (χ3n) is 4.53. The van der Waals surface area contributed by atoms with E-state index in [4.69, 9.17) is 4.74 Å². The molecule has 1 saturated heterocycles. The second kappa shape index (κ2) is 7.70. The monoisotopic (exact) mass is 317 g/mol. The fraction of sp³-hybridized carbons (Fsp3) is 0.500. The van der Waals surface area contributed by atoms with Gasteiger partial charge in [0.05, 0.1) is 13.2 Å². The van der Waals surface area contributed by atoms with Crippen LogP contribution < -0.4 is 0 Å². The Bertz CT molecular complexity index is 628. The zero-order valence-corrected chi connectivity index (χ0v) is 13.6. The molecule has 0 unspecified atom stereocenters. The molecule has 1 aromatic heterocycles. The van der Waals surface area contributed by atoms with Gasteiger partial charge < -0.3 is 9.30 Å². The zero-order valence-electron chi connectivity index (χ0n) is 13.6. The lowest BCUT2D eigenvalue weighted by atomic mass is 9.95. The molecule has 2 heterocycles. The molecule has 124 valence electrons. The summed E-state index contributed by atoms with van der Waals surface area (Å²) >= 11 is 0. The van der Waals surface area contributed by atoms with Crippen LogP contribution >= 0.6 is 0 Å². The second-order valence-corrected chi connectivity index (χ2v) is 6.07. The molecule has 0 radical (unpaired) electrons. The molecule has 0 amide bonds. The van der Waals surface area contributed by atoms with E-state index in [1.165, 1.54) is 18.9 Å². The summed E-state index contributed by atoms with van der Waals surface area (Å²) in [6, 6.07) is 7.28. The quantitative estimate of drug-likeness (QED) is 0.818. The van der Waals surface area contributed by atoms with E-state index in [1.807, 2.05) is 18.5 Å². The first-order valence-electron chi connectivity index (χ1n) is 8.26. The number of benzene rings is 1. The van der Waals surface area contributed by atoms with Crippen molar-refractivity contribution < 1.29 is 9.13 Å². The number of likely N-dealkylation sites (tertiary alicyclic amines) is 1. The number of imidazole rings is 1. The van der Waals surface area contributed by atoms with Crippen LogP contribution in [0.3, 0.4) is 0 Å². The average Bonchev–Trinajstić information content (AvgIpc) is 3.00. The Kier molecular flexibility index (Phi) is 5.41. The van der Waals surface area contributed by atoms with Crippen LogP contribution in [-0.4, -0.2) is 34.7 Å². The molecule has 1 fully saturated rings. The predicted octanol–water partition coefficient (Wildman–Crippen LogP) is 3.40. The summed E-state index contributed by atoms with van der Waals surface area (Å²) in [6.45, 7) is 3.30. The van der Waals surface area contributed by atoms with Gasteiger partial charge in [0.15, 0.2) is 0 Å². The summed E-state index contributed by atoms with van der Waals surface area (Å²) in [7, 11) is 1.71. The van der Waals surface area contributed by atoms with Gasteiger partial charge >= 0.3 is 0 Å². The molecular weight excluding hydrogens is 293 g/mol. The van der Waals surface area contributed by atoms with Crippen LogP contribution in [0, 0.1) is 5.82 Å². The van der Waals surface area contributed by atoms with Crippen molar-refractivity contribution in [3.63, 3.8) is 0 Å². The van der Waals surface area contributed by atoms with E-state index in [0.717, 1.165) is 37.4 Å². The maximum atomic E-state index is 13.6. The Hall–Kier alpha value is -1.72. The molecule has 0 aliphatic carbocycles. The number of hydrogen-bond acceptors (Lipinski definition) is 3.